The standard InChI is InChI=1S/C18H19F2N3O3/c1-26-14-5-3-13(4-6-14)23(9-8-17(21)24)11-18(25)22-12-2-7-15(19)16(20)10-12/h2-7,10H,8-9,11H2,1H3,(H2,21,24)(H,22,25). The molecule has 0 radical (unpaired) electrons. The van der Waals surface area contributed by atoms with Gasteiger partial charge in [0.1, 0.15) is 5.75 Å². The van der Waals surface area contributed by atoms with E-state index in [1.807, 2.05) is 0 Å². The molecule has 0 saturated heterocycles. The monoisotopic (exact) mass is 363 g/mol. The maximum absolute atomic E-state index is 13.2. The van der Waals surface area contributed by atoms with Crippen LogP contribution in [0, 0.1) is 11.6 Å². The zero-order valence-electron chi connectivity index (χ0n) is 14.2. The van der Waals surface area contributed by atoms with Crippen molar-refractivity contribution in [3.8, 4) is 5.75 Å². The molecule has 26 heavy (non-hydrogen) atoms. The summed E-state index contributed by atoms with van der Waals surface area (Å²) in [5, 5.41) is 2.49. The molecule has 0 aliphatic rings. The van der Waals surface area contributed by atoms with Gasteiger partial charge in [-0.05, 0) is 36.4 Å². The van der Waals surface area contributed by atoms with E-state index in [1.165, 1.54) is 13.2 Å². The third kappa shape index (κ3) is 5.44. The Morgan fingerprint density at radius 3 is 2.38 bits per heavy atom. The first-order valence-electron chi connectivity index (χ1n) is 7.81. The number of methoxy groups -OCH3 is 1. The number of anilines is 2. The van der Waals surface area contributed by atoms with Crippen molar-refractivity contribution in [2.75, 3.05) is 30.4 Å². The minimum Gasteiger partial charge on any atom is -0.497 e. The quantitative estimate of drug-likeness (QED) is 0.754. The van der Waals surface area contributed by atoms with E-state index in [9.17, 15) is 18.4 Å². The number of carbonyl (C=O) groups excluding carboxylic acids is 2. The molecular weight excluding hydrogens is 344 g/mol. The van der Waals surface area contributed by atoms with Gasteiger partial charge in [-0.3, -0.25) is 9.59 Å². The highest BCUT2D eigenvalue weighted by Crippen LogP contribution is 2.20. The van der Waals surface area contributed by atoms with Crippen LogP contribution in [0.25, 0.3) is 0 Å². The molecule has 2 amide bonds. The lowest BCUT2D eigenvalue weighted by Gasteiger charge is -2.24. The summed E-state index contributed by atoms with van der Waals surface area (Å²) in [5.41, 5.74) is 6.01. The third-order valence-corrected chi connectivity index (χ3v) is 3.60. The number of nitrogens with two attached hydrogens (primary N) is 1. The van der Waals surface area contributed by atoms with Crippen molar-refractivity contribution in [1.82, 2.24) is 0 Å². The topological polar surface area (TPSA) is 84.7 Å². The van der Waals surface area contributed by atoms with Gasteiger partial charge in [-0.1, -0.05) is 0 Å². The Balaban J connectivity index is 2.09. The molecule has 8 heteroatoms. The Labute approximate surface area is 149 Å². The maximum Gasteiger partial charge on any atom is 0.243 e. The summed E-state index contributed by atoms with van der Waals surface area (Å²) >= 11 is 0. The molecule has 0 fully saturated rings. The first-order valence-corrected chi connectivity index (χ1v) is 7.81. The molecule has 0 aliphatic carbocycles. The number of rotatable bonds is 8. The summed E-state index contributed by atoms with van der Waals surface area (Å²) in [6.07, 6.45) is 0.0600. The van der Waals surface area contributed by atoms with Gasteiger partial charge in [0, 0.05) is 30.4 Å². The molecule has 0 saturated carbocycles. The molecule has 138 valence electrons. The normalized spacial score (nSPS) is 10.3. The molecule has 2 aromatic carbocycles. The van der Waals surface area contributed by atoms with E-state index in [-0.39, 0.29) is 25.2 Å². The average molecular weight is 363 g/mol. The van der Waals surface area contributed by atoms with Gasteiger partial charge in [0.25, 0.3) is 0 Å². The van der Waals surface area contributed by atoms with Crippen molar-refractivity contribution < 1.29 is 23.1 Å². The van der Waals surface area contributed by atoms with Crippen LogP contribution in [0.15, 0.2) is 42.5 Å². The van der Waals surface area contributed by atoms with Gasteiger partial charge in [-0.2, -0.15) is 0 Å². The van der Waals surface area contributed by atoms with Gasteiger partial charge in [0.2, 0.25) is 11.8 Å². The number of hydrogen-bond acceptors (Lipinski definition) is 4. The maximum atomic E-state index is 13.2. The van der Waals surface area contributed by atoms with E-state index < -0.39 is 23.4 Å². The van der Waals surface area contributed by atoms with Crippen LogP contribution in [-0.2, 0) is 9.59 Å². The van der Waals surface area contributed by atoms with Crippen LogP contribution >= 0.6 is 0 Å². The second-order valence-electron chi connectivity index (χ2n) is 5.51. The molecule has 2 rings (SSSR count). The predicted molar refractivity (Wildman–Crippen MR) is 94.0 cm³/mol. The van der Waals surface area contributed by atoms with Crippen molar-refractivity contribution in [3.05, 3.63) is 54.1 Å². The lowest BCUT2D eigenvalue weighted by Crippen LogP contribution is -2.35. The van der Waals surface area contributed by atoms with E-state index >= 15 is 0 Å². The van der Waals surface area contributed by atoms with Crippen molar-refractivity contribution in [1.29, 1.82) is 0 Å². The van der Waals surface area contributed by atoms with Crippen molar-refractivity contribution in [2.24, 2.45) is 5.73 Å². The first kappa shape index (κ1) is 19.2. The van der Waals surface area contributed by atoms with Gasteiger partial charge in [0.05, 0.1) is 13.7 Å². The Morgan fingerprint density at radius 1 is 1.12 bits per heavy atom. The third-order valence-electron chi connectivity index (χ3n) is 3.60. The summed E-state index contributed by atoms with van der Waals surface area (Å²) in [4.78, 5) is 25.0. The molecule has 0 heterocycles. The Kier molecular flexibility index (Phi) is 6.48. The molecule has 6 nitrogen and oxygen atoms in total. The fourth-order valence-corrected chi connectivity index (χ4v) is 2.29. The van der Waals surface area contributed by atoms with Crippen molar-refractivity contribution in [3.63, 3.8) is 0 Å². The molecule has 2 aromatic rings. The van der Waals surface area contributed by atoms with Gasteiger partial charge >= 0.3 is 0 Å². The number of nitrogens with zero attached hydrogens (tertiary/aromatic N) is 1. The molecule has 0 spiro atoms. The number of benzene rings is 2. The molecule has 0 bridgehead atoms. The van der Waals surface area contributed by atoms with Gasteiger partial charge < -0.3 is 20.7 Å². The van der Waals surface area contributed by atoms with Gasteiger partial charge in [0.15, 0.2) is 11.6 Å². The first-order chi connectivity index (χ1) is 12.4. The zero-order chi connectivity index (χ0) is 19.1. The van der Waals surface area contributed by atoms with Crippen LogP contribution < -0.4 is 20.7 Å². The molecule has 0 atom stereocenters. The van der Waals surface area contributed by atoms with Crippen molar-refractivity contribution >= 4 is 23.2 Å². The van der Waals surface area contributed by atoms with Crippen LogP contribution in [0.3, 0.4) is 0 Å². The van der Waals surface area contributed by atoms with Crippen LogP contribution in [0.1, 0.15) is 6.42 Å². The lowest BCUT2D eigenvalue weighted by atomic mass is 10.2. The fraction of sp³-hybridized carbons (Fsp3) is 0.222. The second-order valence-corrected chi connectivity index (χ2v) is 5.51. The van der Waals surface area contributed by atoms with Crippen molar-refractivity contribution in [2.45, 2.75) is 6.42 Å². The minimum atomic E-state index is -1.05. The highest BCUT2D eigenvalue weighted by atomic mass is 19.2. The number of carbonyl (C=O) groups is 2. The van der Waals surface area contributed by atoms with Gasteiger partial charge in [-0.25, -0.2) is 8.78 Å². The number of nitrogens with one attached hydrogen (secondary N) is 1. The molecule has 0 aromatic heterocycles. The smallest absolute Gasteiger partial charge is 0.243 e. The molecule has 3 N–H and O–H groups in total. The number of primary amides is 1. The van der Waals surface area contributed by atoms with E-state index in [2.05, 4.69) is 5.32 Å². The minimum absolute atomic E-state index is 0.0600. The van der Waals surface area contributed by atoms with E-state index in [1.54, 1.807) is 29.2 Å². The number of amides is 2. The van der Waals surface area contributed by atoms with Crippen LogP contribution in [-0.4, -0.2) is 32.0 Å². The summed E-state index contributed by atoms with van der Waals surface area (Å²) in [5.74, 6) is -2.34. The van der Waals surface area contributed by atoms with E-state index in [0.29, 0.717) is 11.4 Å². The van der Waals surface area contributed by atoms with Gasteiger partial charge in [-0.15, -0.1) is 0 Å². The summed E-state index contributed by atoms with van der Waals surface area (Å²) in [6.45, 7) is 0.130. The number of ether oxygens (including phenoxy) is 1. The lowest BCUT2D eigenvalue weighted by molar-refractivity contribution is -0.118. The zero-order valence-corrected chi connectivity index (χ0v) is 14.2. The van der Waals surface area contributed by atoms with E-state index in [4.69, 9.17) is 10.5 Å². The predicted octanol–water partition coefficient (Wildman–Crippen LogP) is 2.29. The Hall–Kier alpha value is -3.16. The fourth-order valence-electron chi connectivity index (χ4n) is 2.29. The van der Waals surface area contributed by atoms with Crippen LogP contribution in [0.5, 0.6) is 5.75 Å². The summed E-state index contributed by atoms with van der Waals surface area (Å²) in [7, 11) is 1.54. The molecule has 0 unspecified atom stereocenters. The second kappa shape index (κ2) is 8.80. The number of halogens is 2. The Morgan fingerprint density at radius 2 is 1.81 bits per heavy atom. The highest BCUT2D eigenvalue weighted by Gasteiger charge is 2.14. The highest BCUT2D eigenvalue weighted by molar-refractivity contribution is 5.94. The summed E-state index contributed by atoms with van der Waals surface area (Å²) < 4.78 is 31.3. The molecular formula is C18H19F2N3O3. The molecule has 0 aliphatic heterocycles. The largest absolute Gasteiger partial charge is 0.497 e. The summed E-state index contributed by atoms with van der Waals surface area (Å²) in [6, 6.07) is 10.0. The number of hydrogen-bond donors (Lipinski definition) is 2. The van der Waals surface area contributed by atoms with E-state index in [0.717, 1.165) is 12.1 Å². The van der Waals surface area contributed by atoms with Crippen LogP contribution in [0.4, 0.5) is 20.2 Å². The Bertz CT molecular complexity index is 782. The SMILES string of the molecule is COc1ccc(N(CCC(N)=O)CC(=O)Nc2ccc(F)c(F)c2)cc1. The van der Waals surface area contributed by atoms with Crippen LogP contribution in [0.2, 0.25) is 0 Å². The average Bonchev–Trinajstić information content (AvgIpc) is 2.61.